The van der Waals surface area contributed by atoms with E-state index >= 15 is 0 Å². The molecule has 3 atom stereocenters. The van der Waals surface area contributed by atoms with Crippen molar-refractivity contribution in [3.63, 3.8) is 0 Å². The number of esters is 2. The Morgan fingerprint density at radius 2 is 1.62 bits per heavy atom. The average molecular weight is 509 g/mol. The monoisotopic (exact) mass is 508 g/mol. The number of pyridine rings is 1. The predicted molar refractivity (Wildman–Crippen MR) is 138 cm³/mol. The fourth-order valence-corrected chi connectivity index (χ4v) is 3.89. The fourth-order valence-electron chi connectivity index (χ4n) is 3.89. The van der Waals surface area contributed by atoms with Crippen molar-refractivity contribution in [2.24, 2.45) is 5.92 Å². The van der Waals surface area contributed by atoms with Crippen LogP contribution >= 0.6 is 0 Å². The number of fused-ring (bicyclic) bond motifs is 1. The summed E-state index contributed by atoms with van der Waals surface area (Å²) < 4.78 is 22.3. The molecular formula is C28H32N2O7. The fraction of sp³-hybridized carbons (Fsp3) is 0.357. The van der Waals surface area contributed by atoms with E-state index in [2.05, 4.69) is 10.3 Å². The molecule has 0 aliphatic heterocycles. The molecule has 1 amide bonds. The Morgan fingerprint density at radius 1 is 0.919 bits per heavy atom. The van der Waals surface area contributed by atoms with E-state index in [-0.39, 0.29) is 23.1 Å². The molecule has 0 aliphatic rings. The van der Waals surface area contributed by atoms with Crippen LogP contribution in [0.4, 0.5) is 0 Å². The van der Waals surface area contributed by atoms with E-state index in [1.54, 1.807) is 6.92 Å². The van der Waals surface area contributed by atoms with Crippen LogP contribution in [0.1, 0.15) is 45.1 Å². The van der Waals surface area contributed by atoms with Gasteiger partial charge in [0.05, 0.1) is 7.11 Å². The summed E-state index contributed by atoms with van der Waals surface area (Å²) >= 11 is 0. The first-order valence-corrected chi connectivity index (χ1v) is 12.0. The van der Waals surface area contributed by atoms with Gasteiger partial charge in [-0.25, -0.2) is 9.78 Å². The van der Waals surface area contributed by atoms with Gasteiger partial charge in [0.25, 0.3) is 5.91 Å². The summed E-state index contributed by atoms with van der Waals surface area (Å²) in [5, 5.41) is 4.55. The van der Waals surface area contributed by atoms with Crippen molar-refractivity contribution in [2.45, 2.75) is 52.9 Å². The number of nitrogens with one attached hydrogen (secondary N) is 1. The summed E-state index contributed by atoms with van der Waals surface area (Å²) in [4.78, 5) is 41.2. The number of benzene rings is 2. The zero-order valence-electron chi connectivity index (χ0n) is 21.8. The highest BCUT2D eigenvalue weighted by atomic mass is 16.6. The lowest BCUT2D eigenvalue weighted by atomic mass is 10.0. The second-order valence-corrected chi connectivity index (χ2v) is 8.93. The topological polar surface area (TPSA) is 113 Å². The van der Waals surface area contributed by atoms with Crippen molar-refractivity contribution in [3.8, 4) is 17.2 Å². The Kier molecular flexibility index (Phi) is 9.05. The third kappa shape index (κ3) is 6.75. The molecule has 37 heavy (non-hydrogen) atoms. The van der Waals surface area contributed by atoms with Gasteiger partial charge in [-0.15, -0.1) is 0 Å². The quantitative estimate of drug-likeness (QED) is 0.403. The molecule has 1 aromatic heterocycles. The smallest absolute Gasteiger partial charge is 0.328 e. The van der Waals surface area contributed by atoms with Gasteiger partial charge in [-0.1, -0.05) is 50.2 Å². The lowest BCUT2D eigenvalue weighted by molar-refractivity contribution is -0.155. The number of aromatic nitrogens is 1. The summed E-state index contributed by atoms with van der Waals surface area (Å²) in [6.45, 7) is 8.41. The third-order valence-electron chi connectivity index (χ3n) is 5.68. The van der Waals surface area contributed by atoms with Crippen molar-refractivity contribution < 1.29 is 33.3 Å². The maximum absolute atomic E-state index is 12.9. The number of amides is 1. The van der Waals surface area contributed by atoms with Gasteiger partial charge in [-0.2, -0.15) is 0 Å². The Hall–Kier alpha value is -4.14. The minimum atomic E-state index is -1.02. The first kappa shape index (κ1) is 27.4. The number of carbonyl (C=O) groups excluding carboxylic acids is 3. The molecule has 0 bridgehead atoms. The highest BCUT2D eigenvalue weighted by Gasteiger charge is 2.30. The minimum Gasteiger partial charge on any atom is -0.493 e. The van der Waals surface area contributed by atoms with Crippen molar-refractivity contribution in [3.05, 3.63) is 60.4 Å². The van der Waals surface area contributed by atoms with Crippen LogP contribution in [-0.4, -0.2) is 48.2 Å². The minimum absolute atomic E-state index is 0.0268. The van der Waals surface area contributed by atoms with Gasteiger partial charge in [0.1, 0.15) is 24.0 Å². The number of carbonyl (C=O) groups is 3. The Balaban J connectivity index is 1.71. The summed E-state index contributed by atoms with van der Waals surface area (Å²) in [6.07, 6.45) is 0.287. The zero-order chi connectivity index (χ0) is 27.1. The van der Waals surface area contributed by atoms with E-state index in [1.165, 1.54) is 33.2 Å². The van der Waals surface area contributed by atoms with E-state index in [0.717, 1.165) is 10.8 Å². The Labute approximate surface area is 216 Å². The molecule has 3 aromatic rings. The zero-order valence-corrected chi connectivity index (χ0v) is 21.8. The lowest BCUT2D eigenvalue weighted by Gasteiger charge is -2.29. The van der Waals surface area contributed by atoms with Gasteiger partial charge in [0.15, 0.2) is 11.4 Å². The van der Waals surface area contributed by atoms with Crippen LogP contribution < -0.4 is 19.5 Å². The van der Waals surface area contributed by atoms with E-state index in [4.69, 9.17) is 18.9 Å². The molecule has 9 nitrogen and oxygen atoms in total. The van der Waals surface area contributed by atoms with Gasteiger partial charge in [-0.05, 0) is 31.2 Å². The van der Waals surface area contributed by atoms with Crippen LogP contribution in [0.25, 0.3) is 10.8 Å². The maximum atomic E-state index is 12.9. The van der Waals surface area contributed by atoms with E-state index in [1.807, 2.05) is 56.3 Å². The van der Waals surface area contributed by atoms with Crippen molar-refractivity contribution in [1.29, 1.82) is 0 Å². The van der Waals surface area contributed by atoms with Crippen LogP contribution in [0.3, 0.4) is 0 Å². The van der Waals surface area contributed by atoms with Gasteiger partial charge in [-0.3, -0.25) is 9.59 Å². The first-order valence-electron chi connectivity index (χ1n) is 12.0. The van der Waals surface area contributed by atoms with Crippen LogP contribution in [-0.2, 0) is 14.3 Å². The van der Waals surface area contributed by atoms with Crippen molar-refractivity contribution in [2.75, 3.05) is 7.11 Å². The van der Waals surface area contributed by atoms with Crippen molar-refractivity contribution in [1.82, 2.24) is 10.3 Å². The molecule has 0 unspecified atom stereocenters. The molecule has 0 saturated heterocycles. The van der Waals surface area contributed by atoms with Gasteiger partial charge in [0.2, 0.25) is 5.75 Å². The summed E-state index contributed by atoms with van der Waals surface area (Å²) in [6, 6.07) is 14.1. The van der Waals surface area contributed by atoms with E-state index < -0.39 is 36.1 Å². The number of rotatable bonds is 10. The summed E-state index contributed by atoms with van der Waals surface area (Å²) in [7, 11) is 1.37. The molecule has 196 valence electrons. The molecule has 0 spiro atoms. The summed E-state index contributed by atoms with van der Waals surface area (Å²) in [5.74, 6) is -1.27. The van der Waals surface area contributed by atoms with Crippen LogP contribution in [0.5, 0.6) is 17.2 Å². The average Bonchev–Trinajstić information content (AvgIpc) is 2.86. The van der Waals surface area contributed by atoms with Gasteiger partial charge >= 0.3 is 11.9 Å². The van der Waals surface area contributed by atoms with Gasteiger partial charge < -0.3 is 24.3 Å². The number of methoxy groups -OCH3 is 1. The third-order valence-corrected chi connectivity index (χ3v) is 5.68. The second-order valence-electron chi connectivity index (χ2n) is 8.93. The molecular weight excluding hydrogens is 476 g/mol. The van der Waals surface area contributed by atoms with E-state index in [9.17, 15) is 14.4 Å². The Morgan fingerprint density at radius 3 is 2.30 bits per heavy atom. The molecule has 0 fully saturated rings. The van der Waals surface area contributed by atoms with Crippen LogP contribution in [0.2, 0.25) is 0 Å². The van der Waals surface area contributed by atoms with Crippen LogP contribution in [0.15, 0.2) is 54.7 Å². The molecule has 3 rings (SSSR count). The second kappa shape index (κ2) is 12.2. The predicted octanol–water partition coefficient (Wildman–Crippen LogP) is 4.32. The van der Waals surface area contributed by atoms with E-state index in [0.29, 0.717) is 5.75 Å². The number of hydrogen-bond donors (Lipinski definition) is 1. The maximum Gasteiger partial charge on any atom is 0.328 e. The molecule has 2 aromatic carbocycles. The molecule has 0 saturated carbocycles. The first-order chi connectivity index (χ1) is 17.6. The standard InChI is InChI=1S/C28H32N2O7/c1-16(2)25(37-22-13-9-11-20-10-7-8-12-21(20)22)18(4)35-28(33)17(3)30-27(32)24-26(36-19(5)31)23(34-6)14-15-29-24/h7-18,25H,1-6H3,(H,30,32)/t17-,18-,25+/m0/s1. The molecule has 1 heterocycles. The molecule has 1 N–H and O–H groups in total. The highest BCUT2D eigenvalue weighted by Crippen LogP contribution is 2.30. The number of nitrogens with zero attached hydrogens (tertiary/aromatic N) is 1. The normalized spacial score (nSPS) is 13.4. The lowest BCUT2D eigenvalue weighted by Crippen LogP contribution is -2.44. The highest BCUT2D eigenvalue weighted by molar-refractivity contribution is 5.98. The van der Waals surface area contributed by atoms with Crippen LogP contribution in [0, 0.1) is 5.92 Å². The molecule has 9 heteroatoms. The molecule has 0 radical (unpaired) electrons. The SMILES string of the molecule is COc1ccnc(C(=O)N[C@@H](C)C(=O)O[C@@H](C)[C@H](Oc2cccc3ccccc23)C(C)C)c1OC(C)=O. The van der Waals surface area contributed by atoms with Crippen molar-refractivity contribution >= 4 is 28.6 Å². The number of ether oxygens (including phenoxy) is 4. The molecule has 0 aliphatic carbocycles. The number of hydrogen-bond acceptors (Lipinski definition) is 8. The summed E-state index contributed by atoms with van der Waals surface area (Å²) in [5.41, 5.74) is -0.193. The Bertz CT molecular complexity index is 1270. The van der Waals surface area contributed by atoms with Gasteiger partial charge in [0, 0.05) is 24.6 Å². The largest absolute Gasteiger partial charge is 0.493 e.